The third kappa shape index (κ3) is 4.67. The highest BCUT2D eigenvalue weighted by atomic mass is 35.5. The standard InChI is InChI=1S/C22H27ClN6O/c1-2-5-19(27-16-7-3-6-15(23)12-16)22(30)28-17-8-4-11-29(13-17)21-18-9-10-24-20(18)25-14-26-21/h3,6-7,9-10,12,14,17,19,27H,2,4-5,8,11,13H2,1H3,(H,28,30)(H,24,25,26)/t17-,19-/m1/s1. The summed E-state index contributed by atoms with van der Waals surface area (Å²) in [6.07, 6.45) is 7.09. The molecule has 7 nitrogen and oxygen atoms in total. The number of aromatic amines is 1. The van der Waals surface area contributed by atoms with E-state index in [1.165, 1.54) is 0 Å². The lowest BCUT2D eigenvalue weighted by Crippen LogP contribution is -2.51. The number of H-pyrrole nitrogens is 1. The fourth-order valence-electron chi connectivity index (χ4n) is 4.04. The minimum Gasteiger partial charge on any atom is -0.374 e. The van der Waals surface area contributed by atoms with Crippen LogP contribution < -0.4 is 15.5 Å². The molecule has 0 bridgehead atoms. The van der Waals surface area contributed by atoms with Crippen molar-refractivity contribution < 1.29 is 4.79 Å². The van der Waals surface area contributed by atoms with Gasteiger partial charge in [0.1, 0.15) is 23.8 Å². The van der Waals surface area contributed by atoms with Crippen molar-refractivity contribution in [1.82, 2.24) is 20.3 Å². The number of piperidine rings is 1. The predicted octanol–water partition coefficient (Wildman–Crippen LogP) is 3.98. The summed E-state index contributed by atoms with van der Waals surface area (Å²) in [4.78, 5) is 27.2. The van der Waals surface area contributed by atoms with E-state index in [4.69, 9.17) is 11.6 Å². The van der Waals surface area contributed by atoms with Crippen molar-refractivity contribution in [2.45, 2.75) is 44.7 Å². The van der Waals surface area contributed by atoms with Gasteiger partial charge in [0.15, 0.2) is 0 Å². The molecular formula is C22H27ClN6O. The summed E-state index contributed by atoms with van der Waals surface area (Å²) in [7, 11) is 0. The normalized spacial score (nSPS) is 17.7. The number of nitrogens with zero attached hydrogens (tertiary/aromatic N) is 3. The van der Waals surface area contributed by atoms with Crippen LogP contribution in [0.5, 0.6) is 0 Å². The van der Waals surface area contributed by atoms with Crippen molar-refractivity contribution in [2.75, 3.05) is 23.3 Å². The van der Waals surface area contributed by atoms with Gasteiger partial charge in [-0.05, 0) is 43.5 Å². The van der Waals surface area contributed by atoms with Crippen LogP contribution in [-0.4, -0.2) is 46.0 Å². The maximum absolute atomic E-state index is 13.0. The number of halogens is 1. The number of carbonyl (C=O) groups excluding carboxylic acids is 1. The molecule has 0 radical (unpaired) electrons. The Morgan fingerprint density at radius 3 is 3.10 bits per heavy atom. The number of amides is 1. The molecule has 3 aromatic rings. The van der Waals surface area contributed by atoms with E-state index in [0.717, 1.165) is 61.3 Å². The van der Waals surface area contributed by atoms with Gasteiger partial charge in [0.25, 0.3) is 0 Å². The molecule has 0 spiro atoms. The molecule has 8 heteroatoms. The third-order valence-corrected chi connectivity index (χ3v) is 5.69. The van der Waals surface area contributed by atoms with Crippen LogP contribution >= 0.6 is 11.6 Å². The Balaban J connectivity index is 1.43. The number of hydrogen-bond donors (Lipinski definition) is 3. The molecule has 30 heavy (non-hydrogen) atoms. The van der Waals surface area contributed by atoms with Gasteiger partial charge in [0, 0.05) is 36.0 Å². The lowest BCUT2D eigenvalue weighted by Gasteiger charge is -2.35. The first-order chi connectivity index (χ1) is 14.6. The lowest BCUT2D eigenvalue weighted by molar-refractivity contribution is -0.122. The molecule has 1 aromatic carbocycles. The molecule has 158 valence electrons. The van der Waals surface area contributed by atoms with Gasteiger partial charge in [-0.3, -0.25) is 4.79 Å². The van der Waals surface area contributed by atoms with Crippen LogP contribution in [-0.2, 0) is 4.79 Å². The van der Waals surface area contributed by atoms with E-state index in [1.807, 2.05) is 36.5 Å². The number of anilines is 2. The second kappa shape index (κ2) is 9.34. The highest BCUT2D eigenvalue weighted by Gasteiger charge is 2.26. The third-order valence-electron chi connectivity index (χ3n) is 5.46. The van der Waals surface area contributed by atoms with Gasteiger partial charge in [-0.25, -0.2) is 9.97 Å². The molecule has 4 rings (SSSR count). The van der Waals surface area contributed by atoms with Crippen molar-refractivity contribution >= 4 is 40.0 Å². The number of nitrogens with one attached hydrogen (secondary N) is 3. The minimum atomic E-state index is -0.292. The highest BCUT2D eigenvalue weighted by Crippen LogP contribution is 2.25. The van der Waals surface area contributed by atoms with E-state index in [9.17, 15) is 4.79 Å². The largest absolute Gasteiger partial charge is 0.374 e. The molecule has 3 heterocycles. The van der Waals surface area contributed by atoms with Crippen LogP contribution in [0.3, 0.4) is 0 Å². The van der Waals surface area contributed by atoms with Crippen LogP contribution in [0.25, 0.3) is 11.0 Å². The Labute approximate surface area is 181 Å². The van der Waals surface area contributed by atoms with E-state index < -0.39 is 0 Å². The molecule has 1 amide bonds. The summed E-state index contributed by atoms with van der Waals surface area (Å²) in [5.41, 5.74) is 1.69. The maximum atomic E-state index is 13.0. The van der Waals surface area contributed by atoms with E-state index in [0.29, 0.717) is 5.02 Å². The Kier molecular flexibility index (Phi) is 6.38. The minimum absolute atomic E-state index is 0.0261. The van der Waals surface area contributed by atoms with Crippen molar-refractivity contribution in [3.8, 4) is 0 Å². The smallest absolute Gasteiger partial charge is 0.242 e. The van der Waals surface area contributed by atoms with Crippen LogP contribution in [0, 0.1) is 0 Å². The molecule has 1 saturated heterocycles. The Hall–Kier alpha value is -2.80. The van der Waals surface area contributed by atoms with Crippen LogP contribution in [0.4, 0.5) is 11.5 Å². The summed E-state index contributed by atoms with van der Waals surface area (Å²) < 4.78 is 0. The van der Waals surface area contributed by atoms with Gasteiger partial charge in [-0.15, -0.1) is 0 Å². The second-order valence-electron chi connectivity index (χ2n) is 7.73. The first-order valence-electron chi connectivity index (χ1n) is 10.5. The lowest BCUT2D eigenvalue weighted by atomic mass is 10.0. The Bertz CT molecular complexity index is 1010. The van der Waals surface area contributed by atoms with E-state index in [1.54, 1.807) is 6.33 Å². The SMILES string of the molecule is CCC[C@@H](Nc1cccc(Cl)c1)C(=O)N[C@@H]1CCCN(c2ncnc3[nH]ccc23)C1. The zero-order valence-corrected chi connectivity index (χ0v) is 17.8. The molecule has 3 N–H and O–H groups in total. The molecule has 1 aliphatic rings. The van der Waals surface area contributed by atoms with Gasteiger partial charge in [0.2, 0.25) is 5.91 Å². The fraction of sp³-hybridized carbons (Fsp3) is 0.409. The molecule has 0 unspecified atom stereocenters. The van der Waals surface area contributed by atoms with E-state index in [-0.39, 0.29) is 18.0 Å². The summed E-state index contributed by atoms with van der Waals surface area (Å²) in [5, 5.41) is 8.25. The molecular weight excluding hydrogens is 400 g/mol. The number of carbonyl (C=O) groups is 1. The maximum Gasteiger partial charge on any atom is 0.242 e. The number of hydrogen-bond acceptors (Lipinski definition) is 5. The first kappa shape index (κ1) is 20.5. The molecule has 2 aromatic heterocycles. The highest BCUT2D eigenvalue weighted by molar-refractivity contribution is 6.30. The van der Waals surface area contributed by atoms with Gasteiger partial charge in [-0.1, -0.05) is 31.0 Å². The second-order valence-corrected chi connectivity index (χ2v) is 8.16. The van der Waals surface area contributed by atoms with Gasteiger partial charge in [0.05, 0.1) is 5.39 Å². The van der Waals surface area contributed by atoms with Gasteiger partial charge >= 0.3 is 0 Å². The average Bonchev–Trinajstić information content (AvgIpc) is 3.22. The summed E-state index contributed by atoms with van der Waals surface area (Å²) in [5.74, 6) is 0.945. The molecule has 2 atom stereocenters. The molecule has 0 saturated carbocycles. The average molecular weight is 427 g/mol. The Morgan fingerprint density at radius 1 is 1.37 bits per heavy atom. The van der Waals surface area contributed by atoms with Gasteiger partial charge in [-0.2, -0.15) is 0 Å². The quantitative estimate of drug-likeness (QED) is 0.532. The molecule has 1 aliphatic heterocycles. The number of rotatable bonds is 7. The van der Waals surface area contributed by atoms with Crippen molar-refractivity contribution in [3.63, 3.8) is 0 Å². The predicted molar refractivity (Wildman–Crippen MR) is 121 cm³/mol. The summed E-state index contributed by atoms with van der Waals surface area (Å²) >= 11 is 6.09. The van der Waals surface area contributed by atoms with Crippen molar-refractivity contribution in [1.29, 1.82) is 0 Å². The van der Waals surface area contributed by atoms with Crippen molar-refractivity contribution in [2.24, 2.45) is 0 Å². The monoisotopic (exact) mass is 426 g/mol. The van der Waals surface area contributed by atoms with Crippen molar-refractivity contribution in [3.05, 3.63) is 47.9 Å². The molecule has 0 aliphatic carbocycles. The van der Waals surface area contributed by atoms with E-state index in [2.05, 4.69) is 37.4 Å². The van der Waals surface area contributed by atoms with Gasteiger partial charge < -0.3 is 20.5 Å². The van der Waals surface area contributed by atoms with Crippen LogP contribution in [0.2, 0.25) is 5.02 Å². The Morgan fingerprint density at radius 2 is 2.27 bits per heavy atom. The number of benzene rings is 1. The van der Waals surface area contributed by atoms with Crippen LogP contribution in [0.15, 0.2) is 42.9 Å². The summed E-state index contributed by atoms with van der Waals surface area (Å²) in [6.45, 7) is 3.74. The number of aromatic nitrogens is 3. The zero-order valence-electron chi connectivity index (χ0n) is 17.1. The fourth-order valence-corrected chi connectivity index (χ4v) is 4.23. The number of fused-ring (bicyclic) bond motifs is 1. The molecule has 1 fully saturated rings. The zero-order chi connectivity index (χ0) is 20.9. The first-order valence-corrected chi connectivity index (χ1v) is 10.9. The topological polar surface area (TPSA) is 85.9 Å². The van der Waals surface area contributed by atoms with E-state index >= 15 is 0 Å². The summed E-state index contributed by atoms with van der Waals surface area (Å²) in [6, 6.07) is 9.27. The van der Waals surface area contributed by atoms with Crippen LogP contribution in [0.1, 0.15) is 32.6 Å².